The van der Waals surface area contributed by atoms with Crippen LogP contribution >= 0.6 is 0 Å². The third kappa shape index (κ3) is 4.79. The van der Waals surface area contributed by atoms with E-state index in [4.69, 9.17) is 10.5 Å². The minimum Gasteiger partial charge on any atom is -0.489 e. The highest BCUT2D eigenvalue weighted by Gasteiger charge is 2.12. The van der Waals surface area contributed by atoms with Gasteiger partial charge in [-0.1, -0.05) is 19.1 Å². The van der Waals surface area contributed by atoms with Crippen molar-refractivity contribution in [3.63, 3.8) is 0 Å². The number of aryl methyl sites for hydroxylation is 1. The maximum Gasteiger partial charge on any atom is 0.228 e. The average Bonchev–Trinajstić information content (AvgIpc) is 2.54. The van der Waals surface area contributed by atoms with E-state index in [1.807, 2.05) is 13.0 Å². The third-order valence-electron chi connectivity index (χ3n) is 3.55. The zero-order chi connectivity index (χ0) is 16.8. The molecule has 4 nitrogen and oxygen atoms in total. The molecule has 0 aromatic heterocycles. The number of benzene rings is 2. The van der Waals surface area contributed by atoms with Gasteiger partial charge in [0.05, 0.1) is 0 Å². The van der Waals surface area contributed by atoms with Crippen LogP contribution in [0.2, 0.25) is 0 Å². The molecule has 0 spiro atoms. The summed E-state index contributed by atoms with van der Waals surface area (Å²) >= 11 is 0. The Morgan fingerprint density at radius 3 is 2.74 bits per heavy atom. The lowest BCUT2D eigenvalue weighted by Crippen LogP contribution is -2.26. The van der Waals surface area contributed by atoms with Crippen molar-refractivity contribution in [1.29, 1.82) is 0 Å². The molecule has 2 aromatic rings. The summed E-state index contributed by atoms with van der Waals surface area (Å²) < 4.78 is 18.8. The van der Waals surface area contributed by atoms with E-state index in [0.29, 0.717) is 12.3 Å². The number of hydrogen-bond acceptors (Lipinski definition) is 3. The summed E-state index contributed by atoms with van der Waals surface area (Å²) in [5, 5.41) is 2.85. The van der Waals surface area contributed by atoms with Crippen LogP contribution in [0.3, 0.4) is 0 Å². The number of hydrogen-bond donors (Lipinski definition) is 2. The number of anilines is 1. The van der Waals surface area contributed by atoms with Crippen molar-refractivity contribution in [3.05, 3.63) is 59.4 Å². The van der Waals surface area contributed by atoms with Crippen LogP contribution in [0.15, 0.2) is 42.5 Å². The van der Waals surface area contributed by atoms with E-state index < -0.39 is 0 Å². The van der Waals surface area contributed by atoms with Crippen LogP contribution in [0.25, 0.3) is 0 Å². The molecule has 2 rings (SSSR count). The molecule has 0 bridgehead atoms. The van der Waals surface area contributed by atoms with E-state index in [0.717, 1.165) is 16.8 Å². The normalized spacial score (nSPS) is 11.8. The fourth-order valence-electron chi connectivity index (χ4n) is 2.02. The molecule has 0 aliphatic carbocycles. The lowest BCUT2D eigenvalue weighted by molar-refractivity contribution is -0.119. The summed E-state index contributed by atoms with van der Waals surface area (Å²) in [6.07, 6.45) is 0. The summed E-state index contributed by atoms with van der Waals surface area (Å²) in [6, 6.07) is 11.7. The van der Waals surface area contributed by atoms with Gasteiger partial charge in [0.15, 0.2) is 0 Å². The van der Waals surface area contributed by atoms with Gasteiger partial charge in [-0.25, -0.2) is 4.39 Å². The fourth-order valence-corrected chi connectivity index (χ4v) is 2.02. The van der Waals surface area contributed by atoms with Crippen molar-refractivity contribution in [2.75, 3.05) is 11.9 Å². The molecular weight excluding hydrogens is 295 g/mol. The van der Waals surface area contributed by atoms with Crippen LogP contribution in [0.4, 0.5) is 10.1 Å². The Labute approximate surface area is 135 Å². The van der Waals surface area contributed by atoms with Gasteiger partial charge in [-0.3, -0.25) is 4.79 Å². The van der Waals surface area contributed by atoms with Gasteiger partial charge in [0, 0.05) is 18.2 Å². The van der Waals surface area contributed by atoms with E-state index in [-0.39, 0.29) is 24.2 Å². The average molecular weight is 316 g/mol. The van der Waals surface area contributed by atoms with Crippen molar-refractivity contribution >= 4 is 11.6 Å². The van der Waals surface area contributed by atoms with Crippen LogP contribution in [-0.2, 0) is 11.4 Å². The minimum absolute atomic E-state index is 0.107. The van der Waals surface area contributed by atoms with Crippen molar-refractivity contribution < 1.29 is 13.9 Å². The highest BCUT2D eigenvalue weighted by molar-refractivity contribution is 5.93. The maximum absolute atomic E-state index is 13.1. The molecule has 0 aliphatic rings. The molecule has 0 radical (unpaired) electrons. The summed E-state index contributed by atoms with van der Waals surface area (Å²) in [5.41, 5.74) is 7.87. The van der Waals surface area contributed by atoms with Crippen molar-refractivity contribution in [2.24, 2.45) is 11.7 Å². The molecule has 0 heterocycles. The lowest BCUT2D eigenvalue weighted by Gasteiger charge is -2.13. The topological polar surface area (TPSA) is 64.3 Å². The molecule has 1 unspecified atom stereocenters. The number of nitrogens with two attached hydrogens (primary N) is 1. The fraction of sp³-hybridized carbons (Fsp3) is 0.278. The van der Waals surface area contributed by atoms with Gasteiger partial charge in [0.25, 0.3) is 0 Å². The Morgan fingerprint density at radius 1 is 1.30 bits per heavy atom. The first-order chi connectivity index (χ1) is 11.0. The first-order valence-corrected chi connectivity index (χ1v) is 7.48. The smallest absolute Gasteiger partial charge is 0.228 e. The van der Waals surface area contributed by atoms with E-state index in [1.54, 1.807) is 31.2 Å². The second-order valence-corrected chi connectivity index (χ2v) is 5.52. The van der Waals surface area contributed by atoms with Gasteiger partial charge < -0.3 is 15.8 Å². The first-order valence-electron chi connectivity index (χ1n) is 7.48. The molecule has 122 valence electrons. The molecule has 23 heavy (non-hydrogen) atoms. The highest BCUT2D eigenvalue weighted by atomic mass is 19.1. The Hall–Kier alpha value is -2.40. The van der Waals surface area contributed by atoms with Crippen LogP contribution in [0.1, 0.15) is 18.1 Å². The SMILES string of the molecule is Cc1cc(OCc2cccc(F)c2)ccc1NC(=O)C(C)CN. The molecule has 1 atom stereocenters. The molecular formula is C18H21FN2O2. The number of ether oxygens (including phenoxy) is 1. The lowest BCUT2D eigenvalue weighted by atomic mass is 10.1. The van der Waals surface area contributed by atoms with Gasteiger partial charge in [-0.05, 0) is 48.4 Å². The monoisotopic (exact) mass is 316 g/mol. The van der Waals surface area contributed by atoms with Gasteiger partial charge in [-0.2, -0.15) is 0 Å². The van der Waals surface area contributed by atoms with E-state index in [9.17, 15) is 9.18 Å². The number of halogens is 1. The molecule has 0 aliphatic heterocycles. The number of carbonyl (C=O) groups excluding carboxylic acids is 1. The quantitative estimate of drug-likeness (QED) is 0.860. The molecule has 0 saturated heterocycles. The van der Waals surface area contributed by atoms with Crippen LogP contribution in [0, 0.1) is 18.7 Å². The van der Waals surface area contributed by atoms with Crippen molar-refractivity contribution in [2.45, 2.75) is 20.5 Å². The second kappa shape index (κ2) is 7.74. The van der Waals surface area contributed by atoms with Gasteiger partial charge >= 0.3 is 0 Å². The summed E-state index contributed by atoms with van der Waals surface area (Å²) in [6.45, 7) is 4.26. The zero-order valence-corrected chi connectivity index (χ0v) is 13.3. The van der Waals surface area contributed by atoms with E-state index in [2.05, 4.69) is 5.32 Å². The van der Waals surface area contributed by atoms with Crippen LogP contribution in [-0.4, -0.2) is 12.5 Å². The van der Waals surface area contributed by atoms with Crippen LogP contribution < -0.4 is 15.8 Å². The van der Waals surface area contributed by atoms with Crippen molar-refractivity contribution in [1.82, 2.24) is 0 Å². The Balaban J connectivity index is 2.00. The molecule has 0 saturated carbocycles. The largest absolute Gasteiger partial charge is 0.489 e. The summed E-state index contributed by atoms with van der Waals surface area (Å²) in [7, 11) is 0. The maximum atomic E-state index is 13.1. The molecule has 5 heteroatoms. The number of nitrogens with one attached hydrogen (secondary N) is 1. The minimum atomic E-state index is -0.283. The van der Waals surface area contributed by atoms with Gasteiger partial charge in [0.1, 0.15) is 18.2 Å². The predicted octanol–water partition coefficient (Wildman–Crippen LogP) is 3.25. The zero-order valence-electron chi connectivity index (χ0n) is 13.3. The van der Waals surface area contributed by atoms with Gasteiger partial charge in [-0.15, -0.1) is 0 Å². The molecule has 2 aromatic carbocycles. The van der Waals surface area contributed by atoms with Crippen molar-refractivity contribution in [3.8, 4) is 5.75 Å². The Morgan fingerprint density at radius 2 is 2.09 bits per heavy atom. The summed E-state index contributed by atoms with van der Waals surface area (Å²) in [5.74, 6) is 0.0355. The Kier molecular flexibility index (Phi) is 5.71. The summed E-state index contributed by atoms with van der Waals surface area (Å²) in [4.78, 5) is 11.9. The Bertz CT molecular complexity index is 688. The van der Waals surface area contributed by atoms with E-state index in [1.165, 1.54) is 12.1 Å². The standard InChI is InChI=1S/C18H21FN2O2/c1-12-8-16(23-11-14-4-3-5-15(19)9-14)6-7-17(12)21-18(22)13(2)10-20/h3-9,13H,10-11,20H2,1-2H3,(H,21,22). The predicted molar refractivity (Wildman–Crippen MR) is 88.8 cm³/mol. The first kappa shape index (κ1) is 17.0. The second-order valence-electron chi connectivity index (χ2n) is 5.52. The number of carbonyl (C=O) groups is 1. The number of rotatable bonds is 6. The third-order valence-corrected chi connectivity index (χ3v) is 3.55. The van der Waals surface area contributed by atoms with Crippen LogP contribution in [0.5, 0.6) is 5.75 Å². The molecule has 0 fully saturated rings. The van der Waals surface area contributed by atoms with E-state index >= 15 is 0 Å². The molecule has 3 N–H and O–H groups in total. The molecule has 1 amide bonds. The highest BCUT2D eigenvalue weighted by Crippen LogP contribution is 2.22. The van der Waals surface area contributed by atoms with Gasteiger partial charge in [0.2, 0.25) is 5.91 Å². The number of amides is 1.